The molecule has 1 amide bonds. The average Bonchev–Trinajstić information content (AvgIpc) is 3.06. The van der Waals surface area contributed by atoms with Crippen LogP contribution < -0.4 is 5.32 Å². The quantitative estimate of drug-likeness (QED) is 0.806. The molecule has 2 aromatic heterocycles. The summed E-state index contributed by atoms with van der Waals surface area (Å²) in [7, 11) is 0. The second-order valence-corrected chi connectivity index (χ2v) is 5.77. The topological polar surface area (TPSA) is 72.7 Å². The van der Waals surface area contributed by atoms with Crippen LogP contribution in [0.15, 0.2) is 30.5 Å². The van der Waals surface area contributed by atoms with Gasteiger partial charge in [0.2, 0.25) is 5.13 Å². The van der Waals surface area contributed by atoms with Gasteiger partial charge in [0.15, 0.2) is 0 Å². The Morgan fingerprint density at radius 3 is 2.73 bits per heavy atom. The van der Waals surface area contributed by atoms with Crippen LogP contribution in [0.25, 0.3) is 5.69 Å². The van der Waals surface area contributed by atoms with Crippen molar-refractivity contribution in [2.45, 2.75) is 13.8 Å². The van der Waals surface area contributed by atoms with Crippen molar-refractivity contribution in [3.05, 3.63) is 52.5 Å². The van der Waals surface area contributed by atoms with E-state index in [0.29, 0.717) is 22.1 Å². The molecule has 22 heavy (non-hydrogen) atoms. The number of carbonyl (C=O) groups is 1. The zero-order valence-electron chi connectivity index (χ0n) is 11.9. The van der Waals surface area contributed by atoms with E-state index in [4.69, 9.17) is 0 Å². The summed E-state index contributed by atoms with van der Waals surface area (Å²) in [5.74, 6) is -0.753. The molecule has 0 unspecified atom stereocenters. The highest BCUT2D eigenvalue weighted by Crippen LogP contribution is 2.19. The van der Waals surface area contributed by atoms with Crippen molar-refractivity contribution in [2.24, 2.45) is 0 Å². The molecule has 0 atom stereocenters. The number of carbonyl (C=O) groups excluding carboxylic acids is 1. The summed E-state index contributed by atoms with van der Waals surface area (Å²) in [5.41, 5.74) is 1.20. The molecule has 0 bridgehead atoms. The molecule has 8 heteroatoms. The van der Waals surface area contributed by atoms with E-state index in [9.17, 15) is 9.18 Å². The molecule has 0 fully saturated rings. The maximum absolute atomic E-state index is 13.8. The Balaban J connectivity index is 1.90. The fraction of sp³-hybridized carbons (Fsp3) is 0.143. The van der Waals surface area contributed by atoms with Crippen molar-refractivity contribution in [3.8, 4) is 5.69 Å². The molecular weight excluding hydrogens is 305 g/mol. The molecule has 0 aliphatic rings. The summed E-state index contributed by atoms with van der Waals surface area (Å²) in [6.45, 7) is 3.51. The Labute approximate surface area is 129 Å². The van der Waals surface area contributed by atoms with E-state index in [1.165, 1.54) is 28.3 Å². The first kappa shape index (κ1) is 14.3. The highest BCUT2D eigenvalue weighted by atomic mass is 32.1. The molecule has 3 rings (SSSR count). The van der Waals surface area contributed by atoms with Crippen molar-refractivity contribution in [2.75, 3.05) is 5.32 Å². The lowest BCUT2D eigenvalue weighted by molar-refractivity contribution is 0.102. The average molecular weight is 317 g/mol. The minimum absolute atomic E-state index is 0.297. The molecule has 2 heterocycles. The van der Waals surface area contributed by atoms with Crippen molar-refractivity contribution in [1.82, 2.24) is 20.0 Å². The molecule has 112 valence electrons. The van der Waals surface area contributed by atoms with Gasteiger partial charge in [0, 0.05) is 0 Å². The normalized spacial score (nSPS) is 10.7. The lowest BCUT2D eigenvalue weighted by Crippen LogP contribution is -2.13. The van der Waals surface area contributed by atoms with E-state index in [1.807, 2.05) is 0 Å². The molecular formula is C14H12FN5OS. The zero-order chi connectivity index (χ0) is 15.7. The number of amides is 1. The van der Waals surface area contributed by atoms with Gasteiger partial charge in [0.05, 0.1) is 17.5 Å². The van der Waals surface area contributed by atoms with Crippen molar-refractivity contribution < 1.29 is 9.18 Å². The summed E-state index contributed by atoms with van der Waals surface area (Å²) >= 11 is 1.28. The third-order valence-corrected chi connectivity index (χ3v) is 3.84. The van der Waals surface area contributed by atoms with Crippen LogP contribution >= 0.6 is 11.3 Å². The Bertz CT molecular complexity index is 841. The van der Waals surface area contributed by atoms with Gasteiger partial charge in [-0.05, 0) is 26.0 Å². The van der Waals surface area contributed by atoms with E-state index in [1.54, 1.807) is 32.0 Å². The molecule has 0 aliphatic heterocycles. The first-order chi connectivity index (χ1) is 10.6. The summed E-state index contributed by atoms with van der Waals surface area (Å²) in [6.07, 6.45) is 1.41. The third kappa shape index (κ3) is 2.60. The van der Waals surface area contributed by atoms with Crippen molar-refractivity contribution in [3.63, 3.8) is 0 Å². The van der Waals surface area contributed by atoms with Gasteiger partial charge in [0.1, 0.15) is 16.5 Å². The van der Waals surface area contributed by atoms with E-state index < -0.39 is 5.82 Å². The number of para-hydroxylation sites is 1. The van der Waals surface area contributed by atoms with Crippen LogP contribution in [-0.2, 0) is 0 Å². The number of anilines is 1. The summed E-state index contributed by atoms with van der Waals surface area (Å²) in [5, 5.41) is 15.6. The van der Waals surface area contributed by atoms with Gasteiger partial charge >= 0.3 is 0 Å². The maximum Gasteiger partial charge on any atom is 0.260 e. The lowest BCUT2D eigenvalue weighted by atomic mass is 10.2. The third-order valence-electron chi connectivity index (χ3n) is 3.08. The molecule has 1 N–H and O–H groups in total. The van der Waals surface area contributed by atoms with E-state index in [2.05, 4.69) is 20.6 Å². The number of rotatable bonds is 3. The Kier molecular flexibility index (Phi) is 3.68. The minimum Gasteiger partial charge on any atom is -0.296 e. The Hall–Kier alpha value is -2.61. The highest BCUT2D eigenvalue weighted by Gasteiger charge is 2.17. The largest absolute Gasteiger partial charge is 0.296 e. The number of hydrogen-bond acceptors (Lipinski definition) is 5. The first-order valence-electron chi connectivity index (χ1n) is 6.47. The van der Waals surface area contributed by atoms with Crippen LogP contribution in [0.4, 0.5) is 9.52 Å². The van der Waals surface area contributed by atoms with Gasteiger partial charge in [0.25, 0.3) is 5.91 Å². The molecule has 0 spiro atoms. The number of halogens is 1. The van der Waals surface area contributed by atoms with E-state index in [0.717, 1.165) is 5.01 Å². The predicted molar refractivity (Wildman–Crippen MR) is 80.9 cm³/mol. The number of aryl methyl sites for hydroxylation is 1. The summed E-state index contributed by atoms with van der Waals surface area (Å²) < 4.78 is 15.2. The lowest BCUT2D eigenvalue weighted by Gasteiger charge is -2.06. The zero-order valence-corrected chi connectivity index (χ0v) is 12.7. The number of aromatic nitrogens is 4. The SMILES string of the molecule is Cc1nnc(NC(=O)c2cnn(-c3ccccc3F)c2C)s1. The standard InChI is InChI=1S/C14H12FN5OS/c1-8-10(13(21)17-14-19-18-9(2)22-14)7-16-20(8)12-6-4-3-5-11(12)15/h3-7H,1-2H3,(H,17,19,21). The minimum atomic E-state index is -0.402. The van der Waals surface area contributed by atoms with Crippen LogP contribution in [0, 0.1) is 19.7 Å². The van der Waals surface area contributed by atoms with Crippen LogP contribution in [0.3, 0.4) is 0 Å². The van der Waals surface area contributed by atoms with Crippen molar-refractivity contribution in [1.29, 1.82) is 0 Å². The second-order valence-electron chi connectivity index (χ2n) is 4.59. The Morgan fingerprint density at radius 1 is 1.27 bits per heavy atom. The summed E-state index contributed by atoms with van der Waals surface area (Å²) in [4.78, 5) is 12.3. The fourth-order valence-corrected chi connectivity index (χ4v) is 2.60. The summed E-state index contributed by atoms with van der Waals surface area (Å²) in [6, 6.07) is 6.26. The van der Waals surface area contributed by atoms with E-state index >= 15 is 0 Å². The Morgan fingerprint density at radius 2 is 2.05 bits per heavy atom. The monoisotopic (exact) mass is 317 g/mol. The molecule has 0 saturated carbocycles. The smallest absolute Gasteiger partial charge is 0.260 e. The number of benzene rings is 1. The molecule has 0 saturated heterocycles. The van der Waals surface area contributed by atoms with Crippen LogP contribution in [-0.4, -0.2) is 25.9 Å². The number of nitrogens with zero attached hydrogens (tertiary/aromatic N) is 4. The van der Waals surface area contributed by atoms with Gasteiger partial charge in [-0.25, -0.2) is 9.07 Å². The number of hydrogen-bond donors (Lipinski definition) is 1. The highest BCUT2D eigenvalue weighted by molar-refractivity contribution is 7.15. The molecule has 0 radical (unpaired) electrons. The molecule has 6 nitrogen and oxygen atoms in total. The van der Waals surface area contributed by atoms with Gasteiger partial charge in [-0.1, -0.05) is 23.5 Å². The van der Waals surface area contributed by atoms with Gasteiger partial charge in [-0.15, -0.1) is 10.2 Å². The van der Waals surface area contributed by atoms with Crippen LogP contribution in [0.1, 0.15) is 21.1 Å². The molecule has 3 aromatic rings. The van der Waals surface area contributed by atoms with Gasteiger partial charge in [-0.2, -0.15) is 5.10 Å². The first-order valence-corrected chi connectivity index (χ1v) is 7.29. The molecule has 1 aromatic carbocycles. The second kappa shape index (κ2) is 5.64. The van der Waals surface area contributed by atoms with Crippen LogP contribution in [0.5, 0.6) is 0 Å². The predicted octanol–water partition coefficient (Wildman–Crippen LogP) is 2.73. The number of nitrogens with one attached hydrogen (secondary N) is 1. The molecule has 0 aliphatic carbocycles. The fourth-order valence-electron chi connectivity index (χ4n) is 2.01. The maximum atomic E-state index is 13.8. The van der Waals surface area contributed by atoms with Crippen molar-refractivity contribution >= 4 is 22.4 Å². The van der Waals surface area contributed by atoms with Gasteiger partial charge in [-0.3, -0.25) is 10.1 Å². The van der Waals surface area contributed by atoms with Gasteiger partial charge < -0.3 is 0 Å². The van der Waals surface area contributed by atoms with Crippen LogP contribution in [0.2, 0.25) is 0 Å². The van der Waals surface area contributed by atoms with E-state index in [-0.39, 0.29) is 5.91 Å².